The highest BCUT2D eigenvalue weighted by Crippen LogP contribution is 2.31. The van der Waals surface area contributed by atoms with Crippen molar-refractivity contribution in [2.45, 2.75) is 25.9 Å². The number of carbonyl (C=O) groups is 1. The van der Waals surface area contributed by atoms with Crippen LogP contribution >= 0.6 is 0 Å². The Balaban J connectivity index is 1.98. The molecule has 104 valence electrons. The van der Waals surface area contributed by atoms with Gasteiger partial charge in [0, 0.05) is 19.6 Å². The molecule has 1 amide bonds. The summed E-state index contributed by atoms with van der Waals surface area (Å²) in [5.41, 5.74) is 7.66. The predicted octanol–water partition coefficient (Wildman–Crippen LogP) is 0.869. The summed E-state index contributed by atoms with van der Waals surface area (Å²) in [5.74, 6) is 0.746. The van der Waals surface area contributed by atoms with Gasteiger partial charge < -0.3 is 20.7 Å². The lowest BCUT2D eigenvalue weighted by Gasteiger charge is -2.26. The SMILES string of the molecule is CC(N)CCNCc1ccc2c(c1)N(C)C(=O)CO2. The van der Waals surface area contributed by atoms with Crippen molar-refractivity contribution in [2.75, 3.05) is 25.1 Å². The van der Waals surface area contributed by atoms with Crippen LogP contribution in [0.1, 0.15) is 18.9 Å². The van der Waals surface area contributed by atoms with Crippen LogP contribution in [0.3, 0.4) is 0 Å². The zero-order valence-electron chi connectivity index (χ0n) is 11.5. The highest BCUT2D eigenvalue weighted by molar-refractivity contribution is 5.97. The van der Waals surface area contributed by atoms with E-state index in [0.717, 1.165) is 36.5 Å². The summed E-state index contributed by atoms with van der Waals surface area (Å²) in [4.78, 5) is 13.2. The first-order chi connectivity index (χ1) is 9.08. The van der Waals surface area contributed by atoms with E-state index in [1.807, 2.05) is 25.1 Å². The Morgan fingerprint density at radius 1 is 1.53 bits per heavy atom. The molecule has 1 aliphatic heterocycles. The first kappa shape index (κ1) is 13.8. The third kappa shape index (κ3) is 3.45. The summed E-state index contributed by atoms with van der Waals surface area (Å²) in [6.07, 6.45) is 0.951. The van der Waals surface area contributed by atoms with Crippen molar-refractivity contribution in [1.82, 2.24) is 5.32 Å². The van der Waals surface area contributed by atoms with Crippen LogP contribution in [-0.2, 0) is 11.3 Å². The summed E-state index contributed by atoms with van der Waals surface area (Å²) < 4.78 is 5.39. The van der Waals surface area contributed by atoms with Crippen LogP contribution in [-0.4, -0.2) is 32.1 Å². The molecule has 0 bridgehead atoms. The molecular formula is C14H21N3O2. The number of likely N-dealkylation sites (N-methyl/N-ethyl adjacent to an activating group) is 1. The van der Waals surface area contributed by atoms with Crippen molar-refractivity contribution in [3.63, 3.8) is 0 Å². The van der Waals surface area contributed by atoms with E-state index in [0.29, 0.717) is 0 Å². The highest BCUT2D eigenvalue weighted by atomic mass is 16.5. The van der Waals surface area contributed by atoms with Gasteiger partial charge in [0.2, 0.25) is 0 Å². The summed E-state index contributed by atoms with van der Waals surface area (Å²) in [6.45, 7) is 3.77. The molecule has 0 fully saturated rings. The number of fused-ring (bicyclic) bond motifs is 1. The maximum Gasteiger partial charge on any atom is 0.264 e. The van der Waals surface area contributed by atoms with Crippen molar-refractivity contribution in [2.24, 2.45) is 5.73 Å². The van der Waals surface area contributed by atoms with Crippen molar-refractivity contribution >= 4 is 11.6 Å². The van der Waals surface area contributed by atoms with Gasteiger partial charge in [-0.15, -0.1) is 0 Å². The number of nitrogens with two attached hydrogens (primary N) is 1. The smallest absolute Gasteiger partial charge is 0.264 e. The number of nitrogens with one attached hydrogen (secondary N) is 1. The fraction of sp³-hybridized carbons (Fsp3) is 0.500. The molecule has 0 aliphatic carbocycles. The molecule has 1 aromatic rings. The van der Waals surface area contributed by atoms with Gasteiger partial charge in [-0.2, -0.15) is 0 Å². The van der Waals surface area contributed by atoms with Crippen molar-refractivity contribution in [3.8, 4) is 5.75 Å². The number of benzene rings is 1. The van der Waals surface area contributed by atoms with E-state index in [1.165, 1.54) is 0 Å². The molecule has 0 saturated heterocycles. The Labute approximate surface area is 113 Å². The van der Waals surface area contributed by atoms with Crippen LogP contribution in [0.15, 0.2) is 18.2 Å². The zero-order valence-corrected chi connectivity index (χ0v) is 11.5. The summed E-state index contributed by atoms with van der Waals surface area (Å²) in [6, 6.07) is 6.14. The van der Waals surface area contributed by atoms with Gasteiger partial charge in [0.05, 0.1) is 5.69 Å². The lowest BCUT2D eigenvalue weighted by molar-refractivity contribution is -0.120. The average molecular weight is 263 g/mol. The molecule has 1 atom stereocenters. The Hall–Kier alpha value is -1.59. The van der Waals surface area contributed by atoms with E-state index in [1.54, 1.807) is 11.9 Å². The third-order valence-electron chi connectivity index (χ3n) is 3.22. The van der Waals surface area contributed by atoms with Gasteiger partial charge in [-0.05, 0) is 37.6 Å². The van der Waals surface area contributed by atoms with Crippen molar-refractivity contribution in [3.05, 3.63) is 23.8 Å². The van der Waals surface area contributed by atoms with Gasteiger partial charge in [0.15, 0.2) is 6.61 Å². The fourth-order valence-electron chi connectivity index (χ4n) is 1.99. The summed E-state index contributed by atoms with van der Waals surface area (Å²) >= 11 is 0. The van der Waals surface area contributed by atoms with E-state index < -0.39 is 0 Å². The Morgan fingerprint density at radius 2 is 2.32 bits per heavy atom. The lowest BCUT2D eigenvalue weighted by Crippen LogP contribution is -2.35. The van der Waals surface area contributed by atoms with Crippen molar-refractivity contribution in [1.29, 1.82) is 0 Å². The van der Waals surface area contributed by atoms with Crippen LogP contribution in [0.5, 0.6) is 5.75 Å². The van der Waals surface area contributed by atoms with Gasteiger partial charge in [-0.25, -0.2) is 0 Å². The maximum atomic E-state index is 11.6. The third-order valence-corrected chi connectivity index (χ3v) is 3.22. The predicted molar refractivity (Wildman–Crippen MR) is 75.3 cm³/mol. The van der Waals surface area contributed by atoms with Gasteiger partial charge in [0.25, 0.3) is 5.91 Å². The minimum atomic E-state index is -0.0189. The molecule has 0 saturated carbocycles. The van der Waals surface area contributed by atoms with E-state index in [4.69, 9.17) is 10.5 Å². The molecule has 2 rings (SSSR count). The average Bonchev–Trinajstić information content (AvgIpc) is 2.39. The van der Waals surface area contributed by atoms with Crippen LogP contribution in [0.25, 0.3) is 0 Å². The standard InChI is InChI=1S/C14H21N3O2/c1-10(15)5-6-16-8-11-3-4-13-12(7-11)17(2)14(18)9-19-13/h3-4,7,10,16H,5-6,8-9,15H2,1-2H3. The maximum absolute atomic E-state index is 11.6. The number of amides is 1. The molecule has 0 spiro atoms. The molecule has 19 heavy (non-hydrogen) atoms. The molecule has 3 N–H and O–H groups in total. The normalized spacial score (nSPS) is 15.9. The molecule has 1 unspecified atom stereocenters. The highest BCUT2D eigenvalue weighted by Gasteiger charge is 2.22. The molecule has 0 radical (unpaired) electrons. The zero-order chi connectivity index (χ0) is 13.8. The van der Waals surface area contributed by atoms with Crippen LogP contribution in [0, 0.1) is 0 Å². The minimum absolute atomic E-state index is 0.0189. The lowest BCUT2D eigenvalue weighted by atomic mass is 10.1. The fourth-order valence-corrected chi connectivity index (χ4v) is 1.99. The second-order valence-electron chi connectivity index (χ2n) is 4.99. The summed E-state index contributed by atoms with van der Waals surface area (Å²) in [7, 11) is 1.77. The molecular weight excluding hydrogens is 242 g/mol. The monoisotopic (exact) mass is 263 g/mol. The molecule has 5 nitrogen and oxygen atoms in total. The second kappa shape index (κ2) is 6.04. The number of rotatable bonds is 5. The molecule has 5 heteroatoms. The molecule has 1 heterocycles. The van der Waals surface area contributed by atoms with Gasteiger partial charge in [-0.1, -0.05) is 6.07 Å². The second-order valence-corrected chi connectivity index (χ2v) is 4.99. The number of carbonyl (C=O) groups excluding carboxylic acids is 1. The summed E-state index contributed by atoms with van der Waals surface area (Å²) in [5, 5.41) is 3.34. The van der Waals surface area contributed by atoms with E-state index in [9.17, 15) is 4.79 Å². The van der Waals surface area contributed by atoms with Crippen LogP contribution in [0.4, 0.5) is 5.69 Å². The Bertz CT molecular complexity index is 460. The molecule has 0 aromatic heterocycles. The molecule has 1 aromatic carbocycles. The van der Waals surface area contributed by atoms with Crippen molar-refractivity contribution < 1.29 is 9.53 Å². The topological polar surface area (TPSA) is 67.6 Å². The first-order valence-electron chi connectivity index (χ1n) is 6.56. The van der Waals surface area contributed by atoms with E-state index in [2.05, 4.69) is 5.32 Å². The first-order valence-corrected chi connectivity index (χ1v) is 6.56. The van der Waals surface area contributed by atoms with Gasteiger partial charge in [0.1, 0.15) is 5.75 Å². The van der Waals surface area contributed by atoms with E-state index >= 15 is 0 Å². The van der Waals surface area contributed by atoms with Crippen LogP contribution < -0.4 is 20.7 Å². The van der Waals surface area contributed by atoms with Gasteiger partial charge in [-0.3, -0.25) is 4.79 Å². The number of hydrogen-bond donors (Lipinski definition) is 2. The van der Waals surface area contributed by atoms with Crippen LogP contribution in [0.2, 0.25) is 0 Å². The molecule has 1 aliphatic rings. The number of nitrogens with zero attached hydrogens (tertiary/aromatic N) is 1. The Morgan fingerprint density at radius 3 is 3.05 bits per heavy atom. The number of ether oxygens (including phenoxy) is 1. The minimum Gasteiger partial charge on any atom is -0.482 e. The van der Waals surface area contributed by atoms with E-state index in [-0.39, 0.29) is 18.6 Å². The number of hydrogen-bond acceptors (Lipinski definition) is 4. The Kier molecular flexibility index (Phi) is 4.39. The largest absolute Gasteiger partial charge is 0.482 e. The quantitative estimate of drug-likeness (QED) is 0.774. The van der Waals surface area contributed by atoms with Gasteiger partial charge >= 0.3 is 0 Å². The number of anilines is 1.